The molecule has 9 nitrogen and oxygen atoms in total. The summed E-state index contributed by atoms with van der Waals surface area (Å²) < 4.78 is 5.37. The number of para-hydroxylation sites is 1. The van der Waals surface area contributed by atoms with Crippen LogP contribution in [-0.2, 0) is 17.8 Å². The molecule has 0 radical (unpaired) electrons. The van der Waals surface area contributed by atoms with Crippen LogP contribution in [0, 0.1) is 10.1 Å². The number of ether oxygens (including phenoxy) is 1. The summed E-state index contributed by atoms with van der Waals surface area (Å²) in [6.45, 7) is 1.84. The lowest BCUT2D eigenvalue weighted by Crippen LogP contribution is -2.49. The minimum Gasteiger partial charge on any atom is -0.444 e. The average molecular weight is 515 g/mol. The second kappa shape index (κ2) is 11.3. The maximum absolute atomic E-state index is 12.7. The van der Waals surface area contributed by atoms with Gasteiger partial charge in [-0.25, -0.2) is 4.79 Å². The van der Waals surface area contributed by atoms with Crippen LogP contribution in [0.15, 0.2) is 72.8 Å². The number of fused-ring (bicyclic) bond motifs is 1. The fourth-order valence-corrected chi connectivity index (χ4v) is 5.21. The molecule has 5 rings (SSSR count). The molecule has 1 fully saturated rings. The molecule has 3 aromatic carbocycles. The number of nitrogens with one attached hydrogen (secondary N) is 1. The molecule has 1 N–H and O–H groups in total. The molecule has 38 heavy (non-hydrogen) atoms. The van der Waals surface area contributed by atoms with Gasteiger partial charge in [0, 0.05) is 42.9 Å². The largest absolute Gasteiger partial charge is 0.444 e. The predicted octanol–water partition coefficient (Wildman–Crippen LogP) is 5.08. The van der Waals surface area contributed by atoms with E-state index in [4.69, 9.17) is 4.74 Å². The van der Waals surface area contributed by atoms with Crippen molar-refractivity contribution in [2.75, 3.05) is 29.4 Å². The lowest BCUT2D eigenvalue weighted by molar-refractivity contribution is -0.384. The molecule has 0 aliphatic carbocycles. The molecule has 2 heterocycles. The van der Waals surface area contributed by atoms with Crippen molar-refractivity contribution in [3.05, 3.63) is 99.6 Å². The van der Waals surface area contributed by atoms with Crippen molar-refractivity contribution in [3.8, 4) is 0 Å². The number of nitro benzene ring substituents is 1. The number of cyclic esters (lactones) is 1. The van der Waals surface area contributed by atoms with Gasteiger partial charge in [0.1, 0.15) is 12.3 Å². The van der Waals surface area contributed by atoms with Crippen LogP contribution in [0.5, 0.6) is 0 Å². The zero-order valence-electron chi connectivity index (χ0n) is 21.0. The Morgan fingerprint density at radius 2 is 1.74 bits per heavy atom. The Kier molecular flexibility index (Phi) is 7.53. The Hall–Kier alpha value is -4.40. The van der Waals surface area contributed by atoms with Crippen LogP contribution in [0.25, 0.3) is 0 Å². The van der Waals surface area contributed by atoms with Crippen molar-refractivity contribution in [3.63, 3.8) is 0 Å². The summed E-state index contributed by atoms with van der Waals surface area (Å²) in [4.78, 5) is 40.4. The molecule has 2 aliphatic heterocycles. The normalized spacial score (nSPS) is 15.5. The zero-order valence-corrected chi connectivity index (χ0v) is 21.0. The van der Waals surface area contributed by atoms with Gasteiger partial charge in [-0.15, -0.1) is 0 Å². The summed E-state index contributed by atoms with van der Waals surface area (Å²) in [6.07, 6.45) is 2.55. The molecular formula is C29H30N4O5. The lowest BCUT2D eigenvalue weighted by Gasteiger charge is -2.40. The quantitative estimate of drug-likeness (QED) is 0.255. The molecule has 2 aliphatic rings. The Morgan fingerprint density at radius 1 is 1.00 bits per heavy atom. The van der Waals surface area contributed by atoms with E-state index in [1.165, 1.54) is 11.6 Å². The summed E-state index contributed by atoms with van der Waals surface area (Å²) >= 11 is 0. The molecule has 0 aromatic heterocycles. The number of carbonyl (C=O) groups excluding carboxylic acids is 2. The number of carbonyl (C=O) groups is 2. The minimum absolute atomic E-state index is 0.0554. The predicted molar refractivity (Wildman–Crippen MR) is 145 cm³/mol. The topological polar surface area (TPSA) is 105 Å². The number of benzene rings is 3. The fourth-order valence-electron chi connectivity index (χ4n) is 5.21. The number of anilines is 2. The van der Waals surface area contributed by atoms with Gasteiger partial charge in [-0.2, -0.15) is 0 Å². The highest BCUT2D eigenvalue weighted by atomic mass is 16.6. The molecule has 0 unspecified atom stereocenters. The molecule has 9 heteroatoms. The summed E-state index contributed by atoms with van der Waals surface area (Å²) in [5.41, 5.74) is 3.69. The SMILES string of the molecule is O=C(NCCCc1ccccc1)c1ccc(N2CCC(N3C(=O)OCc4ccccc43)CC2)c([N+](=O)[O-])c1. The average Bonchev–Trinajstić information content (AvgIpc) is 2.95. The Balaban J connectivity index is 1.22. The first-order valence-corrected chi connectivity index (χ1v) is 12.9. The van der Waals surface area contributed by atoms with Gasteiger partial charge in [-0.05, 0) is 49.4 Å². The second-order valence-electron chi connectivity index (χ2n) is 9.58. The van der Waals surface area contributed by atoms with Gasteiger partial charge in [0.05, 0.1) is 10.6 Å². The Morgan fingerprint density at radius 3 is 2.50 bits per heavy atom. The molecule has 0 atom stereocenters. The van der Waals surface area contributed by atoms with Gasteiger partial charge in [0.25, 0.3) is 11.6 Å². The molecule has 1 saturated heterocycles. The third kappa shape index (κ3) is 5.46. The van der Waals surface area contributed by atoms with E-state index >= 15 is 0 Å². The number of nitrogens with zero attached hydrogens (tertiary/aromatic N) is 3. The number of nitro groups is 1. The van der Waals surface area contributed by atoms with Gasteiger partial charge in [-0.1, -0.05) is 48.5 Å². The van der Waals surface area contributed by atoms with Gasteiger partial charge >= 0.3 is 6.09 Å². The third-order valence-corrected chi connectivity index (χ3v) is 7.17. The summed E-state index contributed by atoms with van der Waals surface area (Å²) in [5, 5.41) is 14.8. The van der Waals surface area contributed by atoms with Crippen LogP contribution >= 0.6 is 0 Å². The number of rotatable bonds is 8. The van der Waals surface area contributed by atoms with Gasteiger partial charge < -0.3 is 15.0 Å². The molecule has 0 bridgehead atoms. The van der Waals surface area contributed by atoms with Crippen molar-refractivity contribution < 1.29 is 19.2 Å². The number of amides is 2. The number of hydrogen-bond donors (Lipinski definition) is 1. The van der Waals surface area contributed by atoms with E-state index in [1.54, 1.807) is 17.0 Å². The van der Waals surface area contributed by atoms with Crippen molar-refractivity contribution in [1.82, 2.24) is 5.32 Å². The Bertz CT molecular complexity index is 1320. The van der Waals surface area contributed by atoms with Crippen LogP contribution in [0.3, 0.4) is 0 Å². The van der Waals surface area contributed by atoms with E-state index in [1.807, 2.05) is 59.5 Å². The van der Waals surface area contributed by atoms with E-state index in [0.29, 0.717) is 38.2 Å². The first kappa shape index (κ1) is 25.3. The number of aryl methyl sites for hydroxylation is 1. The smallest absolute Gasteiger partial charge is 0.414 e. The maximum Gasteiger partial charge on any atom is 0.414 e. The van der Waals surface area contributed by atoms with Crippen LogP contribution in [0.1, 0.15) is 40.7 Å². The van der Waals surface area contributed by atoms with Crippen LogP contribution in [-0.4, -0.2) is 42.6 Å². The van der Waals surface area contributed by atoms with Gasteiger partial charge in [0.2, 0.25) is 0 Å². The van der Waals surface area contributed by atoms with Crippen molar-refractivity contribution >= 4 is 29.1 Å². The number of hydrogen-bond acceptors (Lipinski definition) is 6. The molecular weight excluding hydrogens is 484 g/mol. The van der Waals surface area contributed by atoms with Gasteiger partial charge in [0.15, 0.2) is 0 Å². The molecule has 0 saturated carbocycles. The molecule has 0 spiro atoms. The standard InChI is InChI=1S/C29H30N4O5/c34-28(30-16-6-9-21-7-2-1-3-8-21)22-12-13-26(27(19-22)33(36)37)31-17-14-24(15-18-31)32-25-11-5-4-10-23(25)20-38-29(32)35/h1-5,7-8,10-13,19,24H,6,9,14-18,20H2,(H,30,34). The van der Waals surface area contributed by atoms with Crippen LogP contribution in [0.4, 0.5) is 21.9 Å². The zero-order chi connectivity index (χ0) is 26.5. The van der Waals surface area contributed by atoms with Gasteiger partial charge in [-0.3, -0.25) is 19.8 Å². The van der Waals surface area contributed by atoms with E-state index in [9.17, 15) is 19.7 Å². The van der Waals surface area contributed by atoms with Crippen molar-refractivity contribution in [1.29, 1.82) is 0 Å². The molecule has 196 valence electrons. The first-order valence-electron chi connectivity index (χ1n) is 12.9. The highest BCUT2D eigenvalue weighted by Gasteiger charge is 2.35. The van der Waals surface area contributed by atoms with E-state index in [-0.39, 0.29) is 35.9 Å². The van der Waals surface area contributed by atoms with Crippen LogP contribution < -0.4 is 15.1 Å². The van der Waals surface area contributed by atoms with E-state index < -0.39 is 4.92 Å². The van der Waals surface area contributed by atoms with Crippen molar-refractivity contribution in [2.45, 2.75) is 38.3 Å². The van der Waals surface area contributed by atoms with Crippen LogP contribution in [0.2, 0.25) is 0 Å². The maximum atomic E-state index is 12.7. The molecule has 2 amide bonds. The summed E-state index contributed by atoms with van der Waals surface area (Å²) in [7, 11) is 0. The number of piperidine rings is 1. The third-order valence-electron chi connectivity index (χ3n) is 7.17. The lowest BCUT2D eigenvalue weighted by atomic mass is 9.99. The highest BCUT2D eigenvalue weighted by molar-refractivity contribution is 5.96. The van der Waals surface area contributed by atoms with E-state index in [0.717, 1.165) is 24.1 Å². The monoisotopic (exact) mass is 514 g/mol. The fraction of sp³-hybridized carbons (Fsp3) is 0.310. The second-order valence-corrected chi connectivity index (χ2v) is 9.58. The first-order chi connectivity index (χ1) is 18.5. The summed E-state index contributed by atoms with van der Waals surface area (Å²) in [5.74, 6) is -0.325. The Labute approximate surface area is 221 Å². The highest BCUT2D eigenvalue weighted by Crippen LogP contribution is 2.35. The molecule has 3 aromatic rings. The van der Waals surface area contributed by atoms with E-state index in [2.05, 4.69) is 5.32 Å². The minimum atomic E-state index is -0.439. The summed E-state index contributed by atoms with van der Waals surface area (Å²) in [6, 6.07) is 22.3. The van der Waals surface area contributed by atoms with Crippen molar-refractivity contribution in [2.24, 2.45) is 0 Å².